The lowest BCUT2D eigenvalue weighted by molar-refractivity contribution is 0.509. The molecule has 2 aromatic heterocycles. The average molecular weight is 300 g/mol. The van der Waals surface area contributed by atoms with Crippen LogP contribution in [0, 0.1) is 0 Å². The van der Waals surface area contributed by atoms with Gasteiger partial charge in [-0.3, -0.25) is 16.0 Å². The van der Waals surface area contributed by atoms with Gasteiger partial charge in [-0.15, -0.1) is 11.3 Å². The lowest BCUT2D eigenvalue weighted by Gasteiger charge is -2.15. The van der Waals surface area contributed by atoms with Crippen molar-refractivity contribution in [2.75, 3.05) is 0 Å². The summed E-state index contributed by atoms with van der Waals surface area (Å²) in [6.07, 6.45) is 1.80. The zero-order chi connectivity index (χ0) is 14.8. The van der Waals surface area contributed by atoms with Gasteiger partial charge < -0.3 is 0 Å². The topological polar surface area (TPSA) is 55.9 Å². The minimum absolute atomic E-state index is 0.0702. The fourth-order valence-corrected chi connectivity index (χ4v) is 3.68. The molecule has 1 aromatic carbocycles. The van der Waals surface area contributed by atoms with Gasteiger partial charge in [-0.2, -0.15) is 5.10 Å². The van der Waals surface area contributed by atoms with Crippen molar-refractivity contribution in [1.29, 1.82) is 0 Å². The Bertz CT molecular complexity index is 744. The third-order valence-electron chi connectivity index (χ3n) is 3.87. The molecule has 1 unspecified atom stereocenters. The number of nitrogens with two attached hydrogens (primary N) is 1. The first kappa shape index (κ1) is 14.3. The van der Waals surface area contributed by atoms with Crippen LogP contribution in [0.3, 0.4) is 0 Å². The molecule has 0 aliphatic carbocycles. The maximum absolute atomic E-state index is 5.80. The second kappa shape index (κ2) is 5.97. The van der Waals surface area contributed by atoms with E-state index in [0.717, 1.165) is 24.2 Å². The van der Waals surface area contributed by atoms with Crippen LogP contribution in [-0.4, -0.2) is 9.78 Å². The molecule has 0 radical (unpaired) electrons. The van der Waals surface area contributed by atoms with Gasteiger partial charge in [0, 0.05) is 11.7 Å². The van der Waals surface area contributed by atoms with Crippen molar-refractivity contribution in [3.05, 3.63) is 52.7 Å². The molecule has 0 bridgehead atoms. The van der Waals surface area contributed by atoms with Gasteiger partial charge in [-0.05, 0) is 41.3 Å². The molecule has 0 aliphatic heterocycles. The van der Waals surface area contributed by atoms with Gasteiger partial charge in [0.2, 0.25) is 0 Å². The van der Waals surface area contributed by atoms with Crippen molar-refractivity contribution >= 4 is 21.4 Å². The summed E-state index contributed by atoms with van der Waals surface area (Å²) in [6.45, 7) is 2.11. The highest BCUT2D eigenvalue weighted by molar-refractivity contribution is 7.17. The Kier molecular flexibility index (Phi) is 4.05. The minimum Gasteiger partial charge on any atom is -0.271 e. The molecule has 3 rings (SSSR count). The number of thiophene rings is 1. The maximum Gasteiger partial charge on any atom is 0.0669 e. The molecule has 0 saturated carbocycles. The number of rotatable bonds is 5. The normalized spacial score (nSPS) is 12.9. The quantitative estimate of drug-likeness (QED) is 0.562. The van der Waals surface area contributed by atoms with E-state index >= 15 is 0 Å². The Morgan fingerprint density at radius 3 is 2.90 bits per heavy atom. The first-order valence-corrected chi connectivity index (χ1v) is 8.05. The third-order valence-corrected chi connectivity index (χ3v) is 4.88. The van der Waals surface area contributed by atoms with E-state index in [-0.39, 0.29) is 6.04 Å². The molecule has 0 amide bonds. The summed E-state index contributed by atoms with van der Waals surface area (Å²) in [7, 11) is 1.98. The molecule has 3 aromatic rings. The Hall–Kier alpha value is -1.69. The number of hydrogen-bond donors (Lipinski definition) is 2. The van der Waals surface area contributed by atoms with Gasteiger partial charge in [-0.25, -0.2) is 0 Å². The number of nitrogens with one attached hydrogen (secondary N) is 1. The monoisotopic (exact) mass is 300 g/mol. The largest absolute Gasteiger partial charge is 0.271 e. The summed E-state index contributed by atoms with van der Waals surface area (Å²) < 4.78 is 3.25. The number of fused-ring (bicyclic) bond motifs is 1. The Morgan fingerprint density at radius 2 is 2.19 bits per heavy atom. The second-order valence-electron chi connectivity index (χ2n) is 5.22. The average Bonchev–Trinajstić information content (AvgIpc) is 3.08. The fraction of sp³-hybridized carbons (Fsp3) is 0.312. The second-order valence-corrected chi connectivity index (χ2v) is 6.13. The molecule has 0 fully saturated rings. The molecule has 0 saturated heterocycles. The molecule has 0 aliphatic rings. The van der Waals surface area contributed by atoms with Gasteiger partial charge in [0.15, 0.2) is 0 Å². The third kappa shape index (κ3) is 2.72. The van der Waals surface area contributed by atoms with E-state index in [9.17, 15) is 0 Å². The highest BCUT2D eigenvalue weighted by atomic mass is 32.1. The van der Waals surface area contributed by atoms with E-state index in [4.69, 9.17) is 5.84 Å². The zero-order valence-electron chi connectivity index (χ0n) is 12.3. The smallest absolute Gasteiger partial charge is 0.0669 e. The maximum atomic E-state index is 5.80. The molecular weight excluding hydrogens is 280 g/mol. The van der Waals surface area contributed by atoms with Crippen LogP contribution in [0.2, 0.25) is 0 Å². The van der Waals surface area contributed by atoms with E-state index in [1.165, 1.54) is 15.6 Å². The van der Waals surface area contributed by atoms with Gasteiger partial charge in [-0.1, -0.05) is 25.1 Å². The molecular formula is C16H20N4S. The number of aromatic nitrogens is 2. The summed E-state index contributed by atoms with van der Waals surface area (Å²) in [5, 5.41) is 8.06. The summed E-state index contributed by atoms with van der Waals surface area (Å²) in [6, 6.07) is 10.7. The molecule has 110 valence electrons. The SMILES string of the molecule is CCc1cc(C(Cc2csc3ccccc23)NN)n(C)n1. The van der Waals surface area contributed by atoms with Crippen molar-refractivity contribution in [3.8, 4) is 0 Å². The number of hydrogen-bond acceptors (Lipinski definition) is 4. The summed E-state index contributed by atoms with van der Waals surface area (Å²) >= 11 is 1.78. The van der Waals surface area contributed by atoms with Crippen LogP contribution in [-0.2, 0) is 19.9 Å². The summed E-state index contributed by atoms with van der Waals surface area (Å²) in [4.78, 5) is 0. The van der Waals surface area contributed by atoms with E-state index < -0.39 is 0 Å². The van der Waals surface area contributed by atoms with Crippen LogP contribution < -0.4 is 11.3 Å². The van der Waals surface area contributed by atoms with Gasteiger partial charge in [0.05, 0.1) is 17.4 Å². The van der Waals surface area contributed by atoms with E-state index in [0.29, 0.717) is 0 Å². The van der Waals surface area contributed by atoms with E-state index in [1.54, 1.807) is 11.3 Å². The van der Waals surface area contributed by atoms with E-state index in [1.807, 2.05) is 11.7 Å². The molecule has 2 heterocycles. The number of nitrogens with zero attached hydrogens (tertiary/aromatic N) is 2. The standard InChI is InChI=1S/C16H20N4S/c1-3-12-9-15(20(2)19-12)14(18-17)8-11-10-21-16-7-5-4-6-13(11)16/h4-7,9-10,14,18H,3,8,17H2,1-2H3. The summed E-state index contributed by atoms with van der Waals surface area (Å²) in [5.41, 5.74) is 6.50. The van der Waals surface area contributed by atoms with Crippen molar-refractivity contribution in [2.45, 2.75) is 25.8 Å². The van der Waals surface area contributed by atoms with E-state index in [2.05, 4.69) is 53.2 Å². The Balaban J connectivity index is 1.92. The Morgan fingerprint density at radius 1 is 1.38 bits per heavy atom. The zero-order valence-corrected chi connectivity index (χ0v) is 13.2. The highest BCUT2D eigenvalue weighted by Gasteiger charge is 2.17. The van der Waals surface area contributed by atoms with Crippen molar-refractivity contribution in [3.63, 3.8) is 0 Å². The van der Waals surface area contributed by atoms with Crippen LogP contribution in [0.5, 0.6) is 0 Å². The molecule has 0 spiro atoms. The van der Waals surface area contributed by atoms with Gasteiger partial charge in [0.25, 0.3) is 0 Å². The van der Waals surface area contributed by atoms with Crippen LogP contribution in [0.1, 0.15) is 29.9 Å². The predicted molar refractivity (Wildman–Crippen MR) is 88.2 cm³/mol. The number of aryl methyl sites for hydroxylation is 2. The van der Waals surface area contributed by atoms with Crippen LogP contribution in [0.4, 0.5) is 0 Å². The highest BCUT2D eigenvalue weighted by Crippen LogP contribution is 2.29. The minimum atomic E-state index is 0.0702. The van der Waals surface area contributed by atoms with Crippen LogP contribution in [0.15, 0.2) is 35.7 Å². The predicted octanol–water partition coefficient (Wildman–Crippen LogP) is 2.94. The molecule has 1 atom stereocenters. The van der Waals surface area contributed by atoms with Gasteiger partial charge >= 0.3 is 0 Å². The molecule has 5 heteroatoms. The number of benzene rings is 1. The van der Waals surface area contributed by atoms with Crippen molar-refractivity contribution in [1.82, 2.24) is 15.2 Å². The lowest BCUT2D eigenvalue weighted by atomic mass is 10.0. The summed E-state index contributed by atoms with van der Waals surface area (Å²) in [5.74, 6) is 5.80. The molecule has 3 N–H and O–H groups in total. The van der Waals surface area contributed by atoms with Crippen molar-refractivity contribution < 1.29 is 0 Å². The van der Waals surface area contributed by atoms with Crippen molar-refractivity contribution in [2.24, 2.45) is 12.9 Å². The van der Waals surface area contributed by atoms with Crippen LogP contribution >= 0.6 is 11.3 Å². The first-order valence-electron chi connectivity index (χ1n) is 7.17. The van der Waals surface area contributed by atoms with Gasteiger partial charge in [0.1, 0.15) is 0 Å². The number of hydrazine groups is 1. The lowest BCUT2D eigenvalue weighted by Crippen LogP contribution is -2.31. The Labute approximate surface area is 128 Å². The first-order chi connectivity index (χ1) is 10.2. The molecule has 4 nitrogen and oxygen atoms in total. The van der Waals surface area contributed by atoms with Crippen LogP contribution in [0.25, 0.3) is 10.1 Å². The fourth-order valence-electron chi connectivity index (χ4n) is 2.70. The molecule has 21 heavy (non-hydrogen) atoms.